The van der Waals surface area contributed by atoms with Crippen molar-refractivity contribution >= 4 is 17.5 Å². The molecular formula is C30H35N3O5. The predicted octanol–water partition coefficient (Wildman–Crippen LogP) is 3.84. The molecule has 0 bridgehead atoms. The van der Waals surface area contributed by atoms with Gasteiger partial charge in [-0.3, -0.25) is 9.59 Å². The zero-order chi connectivity index (χ0) is 26.7. The number of hydrogen-bond acceptors (Lipinski definition) is 6. The van der Waals surface area contributed by atoms with Gasteiger partial charge in [0.1, 0.15) is 5.75 Å². The van der Waals surface area contributed by atoms with Crippen LogP contribution in [0.3, 0.4) is 0 Å². The fourth-order valence-corrected chi connectivity index (χ4v) is 4.59. The zero-order valence-corrected chi connectivity index (χ0v) is 21.9. The lowest BCUT2D eigenvalue weighted by molar-refractivity contribution is -0.123. The number of benzene rings is 3. The molecule has 8 heteroatoms. The molecule has 1 fully saturated rings. The van der Waals surface area contributed by atoms with Gasteiger partial charge in [-0.05, 0) is 61.2 Å². The fourth-order valence-electron chi connectivity index (χ4n) is 4.59. The van der Waals surface area contributed by atoms with E-state index in [0.29, 0.717) is 35.8 Å². The normalized spacial score (nSPS) is 13.5. The molecule has 0 unspecified atom stereocenters. The van der Waals surface area contributed by atoms with Crippen LogP contribution in [0, 0.1) is 0 Å². The average Bonchev–Trinajstić information content (AvgIpc) is 2.97. The van der Waals surface area contributed by atoms with Crippen molar-refractivity contribution in [1.29, 1.82) is 0 Å². The Labute approximate surface area is 223 Å². The topological polar surface area (TPSA) is 89.1 Å². The summed E-state index contributed by atoms with van der Waals surface area (Å²) in [6.07, 6.45) is 2.27. The monoisotopic (exact) mass is 517 g/mol. The molecule has 0 saturated carbocycles. The highest BCUT2D eigenvalue weighted by atomic mass is 16.5. The standard InChI is InChI=1S/C30H35N3O5/c1-36-27-13-12-22(20-28(27)37-2)14-17-31-30(35)25-10-6-7-11-26(25)33-18-15-23(16-19-33)32-29(34)21-38-24-8-4-3-5-9-24/h3-13,20,23H,14-19,21H2,1-2H3,(H,31,35)(H,32,34). The first-order valence-electron chi connectivity index (χ1n) is 12.9. The molecule has 200 valence electrons. The molecule has 38 heavy (non-hydrogen) atoms. The van der Waals surface area contributed by atoms with Gasteiger partial charge in [-0.2, -0.15) is 0 Å². The third kappa shape index (κ3) is 7.18. The molecule has 0 spiro atoms. The van der Waals surface area contributed by atoms with Crippen LogP contribution in [0.25, 0.3) is 0 Å². The summed E-state index contributed by atoms with van der Waals surface area (Å²) in [5.41, 5.74) is 2.61. The second kappa shape index (κ2) is 13.4. The van der Waals surface area contributed by atoms with Crippen molar-refractivity contribution in [2.24, 2.45) is 0 Å². The van der Waals surface area contributed by atoms with Crippen molar-refractivity contribution in [2.45, 2.75) is 25.3 Å². The number of para-hydroxylation sites is 2. The Balaban J connectivity index is 1.26. The van der Waals surface area contributed by atoms with Gasteiger partial charge in [-0.25, -0.2) is 0 Å². The Morgan fingerprint density at radius 2 is 1.61 bits per heavy atom. The summed E-state index contributed by atoms with van der Waals surface area (Å²) in [4.78, 5) is 27.6. The number of amides is 2. The van der Waals surface area contributed by atoms with Crippen molar-refractivity contribution in [3.8, 4) is 17.2 Å². The van der Waals surface area contributed by atoms with Crippen molar-refractivity contribution in [2.75, 3.05) is 45.4 Å². The van der Waals surface area contributed by atoms with Gasteiger partial charge in [0.05, 0.1) is 19.8 Å². The van der Waals surface area contributed by atoms with Crippen molar-refractivity contribution in [3.05, 3.63) is 83.9 Å². The van der Waals surface area contributed by atoms with Gasteiger partial charge in [0.25, 0.3) is 11.8 Å². The molecule has 1 aliphatic rings. The first kappa shape index (κ1) is 26.9. The van der Waals surface area contributed by atoms with Crippen molar-refractivity contribution in [3.63, 3.8) is 0 Å². The van der Waals surface area contributed by atoms with E-state index in [9.17, 15) is 9.59 Å². The highest BCUT2D eigenvalue weighted by Gasteiger charge is 2.24. The number of nitrogens with one attached hydrogen (secondary N) is 2. The second-order valence-electron chi connectivity index (χ2n) is 9.14. The van der Waals surface area contributed by atoms with Gasteiger partial charge in [-0.15, -0.1) is 0 Å². The highest BCUT2D eigenvalue weighted by molar-refractivity contribution is 5.99. The van der Waals surface area contributed by atoms with Gasteiger partial charge < -0.3 is 29.7 Å². The van der Waals surface area contributed by atoms with Crippen LogP contribution in [0.1, 0.15) is 28.8 Å². The molecule has 4 rings (SSSR count). The summed E-state index contributed by atoms with van der Waals surface area (Å²) < 4.78 is 16.2. The van der Waals surface area contributed by atoms with Crippen LogP contribution in [-0.2, 0) is 11.2 Å². The van der Waals surface area contributed by atoms with E-state index in [-0.39, 0.29) is 24.5 Å². The van der Waals surface area contributed by atoms with E-state index in [2.05, 4.69) is 15.5 Å². The Morgan fingerprint density at radius 3 is 2.34 bits per heavy atom. The fraction of sp³-hybridized carbons (Fsp3) is 0.333. The molecule has 3 aromatic carbocycles. The summed E-state index contributed by atoms with van der Waals surface area (Å²) in [5.74, 6) is 1.80. The molecule has 0 aromatic heterocycles. The lowest BCUT2D eigenvalue weighted by Gasteiger charge is -2.34. The maximum absolute atomic E-state index is 13.1. The zero-order valence-electron chi connectivity index (χ0n) is 21.9. The quantitative estimate of drug-likeness (QED) is 0.402. The van der Waals surface area contributed by atoms with Gasteiger partial charge >= 0.3 is 0 Å². The number of anilines is 1. The van der Waals surface area contributed by atoms with Gasteiger partial charge in [-0.1, -0.05) is 36.4 Å². The first-order chi connectivity index (χ1) is 18.6. The van der Waals surface area contributed by atoms with Crippen molar-refractivity contribution < 1.29 is 23.8 Å². The van der Waals surface area contributed by atoms with Crippen molar-refractivity contribution in [1.82, 2.24) is 10.6 Å². The van der Waals surface area contributed by atoms with Gasteiger partial charge in [0.15, 0.2) is 18.1 Å². The molecule has 0 aliphatic carbocycles. The predicted molar refractivity (Wildman–Crippen MR) is 147 cm³/mol. The van der Waals surface area contributed by atoms with E-state index in [1.54, 1.807) is 14.2 Å². The molecular weight excluding hydrogens is 482 g/mol. The number of methoxy groups -OCH3 is 2. The van der Waals surface area contributed by atoms with Crippen LogP contribution < -0.4 is 29.7 Å². The van der Waals surface area contributed by atoms with E-state index in [0.717, 1.165) is 37.2 Å². The van der Waals surface area contributed by atoms with E-state index >= 15 is 0 Å². The molecule has 0 atom stereocenters. The third-order valence-electron chi connectivity index (χ3n) is 6.61. The molecule has 3 aromatic rings. The van der Waals surface area contributed by atoms with Crippen LogP contribution in [0.4, 0.5) is 5.69 Å². The van der Waals surface area contributed by atoms with Crippen LogP contribution in [0.5, 0.6) is 17.2 Å². The summed E-state index contributed by atoms with van der Waals surface area (Å²) in [5, 5.41) is 6.12. The third-order valence-corrected chi connectivity index (χ3v) is 6.61. The van der Waals surface area contributed by atoms with Crippen LogP contribution in [-0.4, -0.2) is 58.3 Å². The van der Waals surface area contributed by atoms with Gasteiger partial charge in [0.2, 0.25) is 0 Å². The minimum Gasteiger partial charge on any atom is -0.493 e. The van der Waals surface area contributed by atoms with Gasteiger partial charge in [0, 0.05) is 31.4 Å². The molecule has 1 heterocycles. The number of hydrogen-bond donors (Lipinski definition) is 2. The SMILES string of the molecule is COc1ccc(CCNC(=O)c2ccccc2N2CCC(NC(=O)COc3ccccc3)CC2)cc1OC. The Kier molecular flexibility index (Phi) is 9.45. The smallest absolute Gasteiger partial charge is 0.258 e. The molecule has 2 N–H and O–H groups in total. The first-order valence-corrected chi connectivity index (χ1v) is 12.9. The Bertz CT molecular complexity index is 1210. The maximum Gasteiger partial charge on any atom is 0.258 e. The number of carbonyl (C=O) groups excluding carboxylic acids is 2. The van der Waals surface area contributed by atoms with Crippen LogP contribution in [0.2, 0.25) is 0 Å². The average molecular weight is 518 g/mol. The summed E-state index contributed by atoms with van der Waals surface area (Å²) >= 11 is 0. The minimum atomic E-state index is -0.124. The Morgan fingerprint density at radius 1 is 0.895 bits per heavy atom. The lowest BCUT2D eigenvalue weighted by atomic mass is 10.0. The maximum atomic E-state index is 13.1. The number of carbonyl (C=O) groups is 2. The highest BCUT2D eigenvalue weighted by Crippen LogP contribution is 2.28. The molecule has 0 radical (unpaired) electrons. The summed E-state index contributed by atoms with van der Waals surface area (Å²) in [6, 6.07) is 22.8. The van der Waals surface area contributed by atoms with E-state index < -0.39 is 0 Å². The van der Waals surface area contributed by atoms with E-state index in [1.165, 1.54) is 0 Å². The molecule has 2 amide bonds. The minimum absolute atomic E-state index is 0.00343. The largest absolute Gasteiger partial charge is 0.493 e. The number of nitrogens with zero attached hydrogens (tertiary/aromatic N) is 1. The number of piperidine rings is 1. The summed E-state index contributed by atoms with van der Waals surface area (Å²) in [6.45, 7) is 2.00. The summed E-state index contributed by atoms with van der Waals surface area (Å²) in [7, 11) is 3.22. The number of rotatable bonds is 11. The van der Waals surface area contributed by atoms with E-state index in [1.807, 2.05) is 72.8 Å². The number of ether oxygens (including phenoxy) is 3. The molecule has 1 aliphatic heterocycles. The molecule has 1 saturated heterocycles. The Hall–Kier alpha value is -4.20. The molecule has 8 nitrogen and oxygen atoms in total. The van der Waals surface area contributed by atoms with Crippen LogP contribution >= 0.6 is 0 Å². The lowest BCUT2D eigenvalue weighted by Crippen LogP contribution is -2.46. The van der Waals surface area contributed by atoms with E-state index in [4.69, 9.17) is 14.2 Å². The van der Waals surface area contributed by atoms with Crippen LogP contribution in [0.15, 0.2) is 72.8 Å². The second-order valence-corrected chi connectivity index (χ2v) is 9.14.